The van der Waals surface area contributed by atoms with E-state index in [1.165, 1.54) is 11.3 Å². The molecule has 0 unspecified atom stereocenters. The molecule has 1 heterocycles. The highest BCUT2D eigenvalue weighted by Crippen LogP contribution is 2.25. The Morgan fingerprint density at radius 3 is 2.71 bits per heavy atom. The maximum Gasteiger partial charge on any atom is 0.250 e. The Morgan fingerprint density at radius 1 is 1.50 bits per heavy atom. The van der Waals surface area contributed by atoms with E-state index in [9.17, 15) is 8.42 Å². The molecule has 1 aliphatic carbocycles. The van der Waals surface area contributed by atoms with Gasteiger partial charge in [0.2, 0.25) is 10.0 Å². The van der Waals surface area contributed by atoms with Crippen LogP contribution in [-0.2, 0) is 16.6 Å². The SMILES string of the molecule is NCc1ccc(S(=O)(=O)NC2CC2)s1. The third kappa shape index (κ3) is 2.14. The van der Waals surface area contributed by atoms with Gasteiger partial charge in [-0.25, -0.2) is 13.1 Å². The highest BCUT2D eigenvalue weighted by molar-refractivity contribution is 7.91. The van der Waals surface area contributed by atoms with E-state index in [0.29, 0.717) is 10.8 Å². The Hall–Kier alpha value is -0.430. The highest BCUT2D eigenvalue weighted by Gasteiger charge is 2.28. The van der Waals surface area contributed by atoms with Crippen molar-refractivity contribution in [3.05, 3.63) is 17.0 Å². The van der Waals surface area contributed by atoms with Gasteiger partial charge in [-0.3, -0.25) is 0 Å². The lowest BCUT2D eigenvalue weighted by atomic mass is 10.5. The van der Waals surface area contributed by atoms with E-state index in [2.05, 4.69) is 4.72 Å². The topological polar surface area (TPSA) is 72.2 Å². The second kappa shape index (κ2) is 3.62. The van der Waals surface area contributed by atoms with Crippen molar-refractivity contribution in [2.24, 2.45) is 5.73 Å². The van der Waals surface area contributed by atoms with Crippen molar-refractivity contribution in [2.75, 3.05) is 0 Å². The second-order valence-electron chi connectivity index (χ2n) is 3.32. The molecule has 1 aliphatic rings. The Balaban J connectivity index is 2.19. The summed E-state index contributed by atoms with van der Waals surface area (Å²) in [4.78, 5) is 0.890. The number of rotatable bonds is 4. The minimum Gasteiger partial charge on any atom is -0.326 e. The van der Waals surface area contributed by atoms with Gasteiger partial charge in [0.15, 0.2) is 0 Å². The maximum atomic E-state index is 11.7. The van der Waals surface area contributed by atoms with Crippen LogP contribution >= 0.6 is 11.3 Å². The molecule has 0 bridgehead atoms. The highest BCUT2D eigenvalue weighted by atomic mass is 32.2. The van der Waals surface area contributed by atoms with Crippen LogP contribution in [0.15, 0.2) is 16.3 Å². The lowest BCUT2D eigenvalue weighted by molar-refractivity contribution is 0.583. The molecule has 78 valence electrons. The van der Waals surface area contributed by atoms with Crippen molar-refractivity contribution >= 4 is 21.4 Å². The standard InChI is InChI=1S/C8H12N2O2S2/c9-5-7-3-4-8(13-7)14(11,12)10-6-1-2-6/h3-4,6,10H,1-2,5,9H2. The van der Waals surface area contributed by atoms with Gasteiger partial charge in [0.05, 0.1) is 0 Å². The van der Waals surface area contributed by atoms with Gasteiger partial charge in [0.1, 0.15) is 4.21 Å². The number of hydrogen-bond acceptors (Lipinski definition) is 4. The molecule has 0 spiro atoms. The smallest absolute Gasteiger partial charge is 0.250 e. The van der Waals surface area contributed by atoms with Gasteiger partial charge in [-0.05, 0) is 25.0 Å². The minimum atomic E-state index is -3.27. The Labute approximate surface area is 87.2 Å². The molecule has 6 heteroatoms. The molecule has 3 N–H and O–H groups in total. The second-order valence-corrected chi connectivity index (χ2v) is 6.43. The van der Waals surface area contributed by atoms with E-state index in [1.54, 1.807) is 12.1 Å². The summed E-state index contributed by atoms with van der Waals surface area (Å²) in [6, 6.07) is 3.52. The van der Waals surface area contributed by atoms with Crippen LogP contribution in [0.25, 0.3) is 0 Å². The maximum absolute atomic E-state index is 11.7. The molecule has 4 nitrogen and oxygen atoms in total. The Bertz CT molecular complexity index is 420. The largest absolute Gasteiger partial charge is 0.326 e. The van der Waals surface area contributed by atoms with Gasteiger partial charge in [0.25, 0.3) is 0 Å². The first kappa shape index (κ1) is 10.1. The summed E-state index contributed by atoms with van der Waals surface area (Å²) in [5.74, 6) is 0. The van der Waals surface area contributed by atoms with Crippen molar-refractivity contribution in [3.8, 4) is 0 Å². The van der Waals surface area contributed by atoms with E-state index in [-0.39, 0.29) is 6.04 Å². The van der Waals surface area contributed by atoms with Gasteiger partial charge in [-0.1, -0.05) is 0 Å². The van der Waals surface area contributed by atoms with Crippen LogP contribution in [0, 0.1) is 0 Å². The fraction of sp³-hybridized carbons (Fsp3) is 0.500. The molecule has 0 aliphatic heterocycles. The summed E-state index contributed by atoms with van der Waals surface area (Å²) in [5.41, 5.74) is 5.42. The van der Waals surface area contributed by atoms with Crippen LogP contribution in [0.1, 0.15) is 17.7 Å². The number of nitrogens with two attached hydrogens (primary N) is 1. The minimum absolute atomic E-state index is 0.156. The molecule has 0 saturated heterocycles. The summed E-state index contributed by atoms with van der Waals surface area (Å²) >= 11 is 1.23. The molecule has 1 saturated carbocycles. The summed E-state index contributed by atoms with van der Waals surface area (Å²) in [6.45, 7) is 0.392. The van der Waals surface area contributed by atoms with Gasteiger partial charge < -0.3 is 5.73 Å². The molecule has 0 radical (unpaired) electrons. The predicted molar refractivity (Wildman–Crippen MR) is 55.6 cm³/mol. The van der Waals surface area contributed by atoms with Crippen LogP contribution in [0.4, 0.5) is 0 Å². The fourth-order valence-corrected chi connectivity index (χ4v) is 3.65. The van der Waals surface area contributed by atoms with E-state index in [0.717, 1.165) is 17.7 Å². The monoisotopic (exact) mass is 232 g/mol. The fourth-order valence-electron chi connectivity index (χ4n) is 1.09. The van der Waals surface area contributed by atoms with Crippen molar-refractivity contribution in [1.29, 1.82) is 0 Å². The first-order valence-electron chi connectivity index (χ1n) is 4.43. The summed E-state index contributed by atoms with van der Waals surface area (Å²) in [7, 11) is -3.27. The van der Waals surface area contributed by atoms with Crippen LogP contribution in [0.3, 0.4) is 0 Å². The van der Waals surface area contributed by atoms with Crippen molar-refractivity contribution in [1.82, 2.24) is 4.72 Å². The molecule has 0 amide bonds. The van der Waals surface area contributed by atoms with Gasteiger partial charge in [-0.2, -0.15) is 0 Å². The van der Waals surface area contributed by atoms with Crippen LogP contribution in [0.5, 0.6) is 0 Å². The summed E-state index contributed by atoms with van der Waals surface area (Å²) in [5, 5.41) is 0. The van der Waals surface area contributed by atoms with Gasteiger partial charge >= 0.3 is 0 Å². The third-order valence-corrected chi connectivity index (χ3v) is 5.12. The van der Waals surface area contributed by atoms with Crippen molar-refractivity contribution in [3.63, 3.8) is 0 Å². The first-order chi connectivity index (χ1) is 6.62. The van der Waals surface area contributed by atoms with Crippen LogP contribution < -0.4 is 10.5 Å². The van der Waals surface area contributed by atoms with Gasteiger partial charge in [-0.15, -0.1) is 11.3 Å². The Morgan fingerprint density at radius 2 is 2.21 bits per heavy atom. The van der Waals surface area contributed by atoms with E-state index in [1.807, 2.05) is 0 Å². The zero-order valence-electron chi connectivity index (χ0n) is 7.56. The number of nitrogens with one attached hydrogen (secondary N) is 1. The van der Waals surface area contributed by atoms with E-state index < -0.39 is 10.0 Å². The molecule has 0 aromatic carbocycles. The molecule has 2 rings (SSSR count). The van der Waals surface area contributed by atoms with Crippen molar-refractivity contribution < 1.29 is 8.42 Å². The first-order valence-corrected chi connectivity index (χ1v) is 6.73. The quantitative estimate of drug-likeness (QED) is 0.800. The summed E-state index contributed by atoms with van der Waals surface area (Å²) < 4.78 is 26.3. The molecule has 0 atom stereocenters. The number of sulfonamides is 1. The Kier molecular flexibility index (Phi) is 2.61. The lowest BCUT2D eigenvalue weighted by Crippen LogP contribution is -2.24. The van der Waals surface area contributed by atoms with Crippen LogP contribution in [0.2, 0.25) is 0 Å². The van der Waals surface area contributed by atoms with Gasteiger partial charge in [0, 0.05) is 17.5 Å². The average molecular weight is 232 g/mol. The van der Waals surface area contributed by atoms with E-state index >= 15 is 0 Å². The normalized spacial score (nSPS) is 17.2. The van der Waals surface area contributed by atoms with Crippen molar-refractivity contribution in [2.45, 2.75) is 29.6 Å². The van der Waals surface area contributed by atoms with E-state index in [4.69, 9.17) is 5.73 Å². The molecule has 1 aromatic rings. The zero-order valence-corrected chi connectivity index (χ0v) is 9.20. The zero-order chi connectivity index (χ0) is 10.2. The molecular formula is C8H12N2O2S2. The summed E-state index contributed by atoms with van der Waals surface area (Å²) in [6.07, 6.45) is 1.91. The molecule has 1 aromatic heterocycles. The molecule has 1 fully saturated rings. The lowest BCUT2D eigenvalue weighted by Gasteiger charge is -2.01. The number of hydrogen-bond donors (Lipinski definition) is 2. The molecule has 14 heavy (non-hydrogen) atoms. The third-order valence-electron chi connectivity index (χ3n) is 2.00. The average Bonchev–Trinajstić information content (AvgIpc) is 2.81. The number of thiophene rings is 1. The van der Waals surface area contributed by atoms with Crippen LogP contribution in [-0.4, -0.2) is 14.5 Å². The molecular weight excluding hydrogens is 220 g/mol. The predicted octanol–water partition coefficient (Wildman–Crippen LogP) is 0.647.